The highest BCUT2D eigenvalue weighted by Crippen LogP contribution is 2.30. The molecule has 0 saturated heterocycles. The molecule has 0 atom stereocenters. The third-order valence-corrected chi connectivity index (χ3v) is 4.47. The monoisotopic (exact) mass is 371 g/mol. The standard InChI is InChI=1S/C22H17N3O3/c1-28-20-13-9-16(10-14-20)21-15-22(17-7-11-19(12-8-17)25(26)27)24(23-21)18-5-3-2-4-6-18/h2-15H,1H3. The smallest absolute Gasteiger partial charge is 0.269 e. The topological polar surface area (TPSA) is 70.2 Å². The Morgan fingerprint density at radius 2 is 1.54 bits per heavy atom. The number of hydrogen-bond donors (Lipinski definition) is 0. The average molecular weight is 371 g/mol. The number of rotatable bonds is 5. The van der Waals surface area contributed by atoms with Gasteiger partial charge in [0.15, 0.2) is 0 Å². The first-order valence-corrected chi connectivity index (χ1v) is 8.70. The number of nitro benzene ring substituents is 1. The summed E-state index contributed by atoms with van der Waals surface area (Å²) in [5.74, 6) is 0.779. The Hall–Kier alpha value is -3.93. The molecule has 28 heavy (non-hydrogen) atoms. The maximum atomic E-state index is 11.0. The van der Waals surface area contributed by atoms with E-state index in [4.69, 9.17) is 9.84 Å². The van der Waals surface area contributed by atoms with Crippen molar-refractivity contribution in [2.75, 3.05) is 7.11 Å². The molecule has 1 aromatic heterocycles. The van der Waals surface area contributed by atoms with Crippen LogP contribution in [0.1, 0.15) is 0 Å². The lowest BCUT2D eigenvalue weighted by atomic mass is 10.1. The molecule has 4 rings (SSSR count). The largest absolute Gasteiger partial charge is 0.497 e. The number of methoxy groups -OCH3 is 1. The summed E-state index contributed by atoms with van der Waals surface area (Å²) in [7, 11) is 1.63. The molecule has 4 aromatic rings. The molecule has 6 heteroatoms. The van der Waals surface area contributed by atoms with E-state index in [0.29, 0.717) is 0 Å². The van der Waals surface area contributed by atoms with Crippen molar-refractivity contribution in [1.29, 1.82) is 0 Å². The molecule has 0 N–H and O–H groups in total. The predicted molar refractivity (Wildman–Crippen MR) is 108 cm³/mol. The first kappa shape index (κ1) is 17.5. The minimum atomic E-state index is -0.402. The third kappa shape index (κ3) is 3.35. The molecule has 138 valence electrons. The summed E-state index contributed by atoms with van der Waals surface area (Å²) in [5, 5.41) is 15.7. The summed E-state index contributed by atoms with van der Waals surface area (Å²) in [6.45, 7) is 0. The van der Waals surface area contributed by atoms with Crippen molar-refractivity contribution in [2.45, 2.75) is 0 Å². The number of non-ortho nitro benzene ring substituents is 1. The second-order valence-corrected chi connectivity index (χ2v) is 6.19. The van der Waals surface area contributed by atoms with Gasteiger partial charge in [0.25, 0.3) is 5.69 Å². The van der Waals surface area contributed by atoms with E-state index in [1.54, 1.807) is 19.2 Å². The normalized spacial score (nSPS) is 10.6. The van der Waals surface area contributed by atoms with E-state index in [9.17, 15) is 10.1 Å². The van der Waals surface area contributed by atoms with E-state index in [0.717, 1.165) is 34.0 Å². The summed E-state index contributed by atoms with van der Waals surface area (Å²) in [6.07, 6.45) is 0. The van der Waals surface area contributed by atoms with E-state index < -0.39 is 4.92 Å². The molecule has 3 aromatic carbocycles. The van der Waals surface area contributed by atoms with Gasteiger partial charge in [0, 0.05) is 23.3 Å². The van der Waals surface area contributed by atoms with E-state index in [1.165, 1.54) is 12.1 Å². The van der Waals surface area contributed by atoms with Gasteiger partial charge >= 0.3 is 0 Å². The van der Waals surface area contributed by atoms with Gasteiger partial charge in [-0.1, -0.05) is 18.2 Å². The van der Waals surface area contributed by atoms with Crippen LogP contribution < -0.4 is 4.74 Å². The van der Waals surface area contributed by atoms with Gasteiger partial charge in [0.2, 0.25) is 0 Å². The molecule has 0 radical (unpaired) electrons. The van der Waals surface area contributed by atoms with Crippen molar-refractivity contribution in [2.24, 2.45) is 0 Å². The fraction of sp³-hybridized carbons (Fsp3) is 0.0455. The van der Waals surface area contributed by atoms with Crippen LogP contribution in [0.2, 0.25) is 0 Å². The van der Waals surface area contributed by atoms with Gasteiger partial charge in [-0.15, -0.1) is 0 Å². The molecule has 0 saturated carbocycles. The second-order valence-electron chi connectivity index (χ2n) is 6.19. The van der Waals surface area contributed by atoms with E-state index >= 15 is 0 Å². The molecular weight excluding hydrogens is 354 g/mol. The number of benzene rings is 3. The minimum absolute atomic E-state index is 0.0601. The zero-order valence-electron chi connectivity index (χ0n) is 15.1. The Morgan fingerprint density at radius 3 is 2.14 bits per heavy atom. The van der Waals surface area contributed by atoms with Crippen molar-refractivity contribution in [3.63, 3.8) is 0 Å². The van der Waals surface area contributed by atoms with E-state index in [1.807, 2.05) is 65.3 Å². The highest BCUT2D eigenvalue weighted by molar-refractivity contribution is 5.71. The number of aromatic nitrogens is 2. The molecule has 0 aliphatic carbocycles. The first-order valence-electron chi connectivity index (χ1n) is 8.70. The number of nitro groups is 1. The quantitative estimate of drug-likeness (QED) is 0.360. The Morgan fingerprint density at radius 1 is 0.893 bits per heavy atom. The molecule has 0 bridgehead atoms. The fourth-order valence-corrected chi connectivity index (χ4v) is 3.01. The van der Waals surface area contributed by atoms with Crippen LogP contribution in [0.15, 0.2) is 84.9 Å². The molecule has 0 amide bonds. The van der Waals surface area contributed by atoms with Crippen LogP contribution in [0.3, 0.4) is 0 Å². The number of hydrogen-bond acceptors (Lipinski definition) is 4. The predicted octanol–water partition coefficient (Wildman–Crippen LogP) is 5.12. The highest BCUT2D eigenvalue weighted by Gasteiger charge is 2.14. The van der Waals surface area contributed by atoms with E-state index in [2.05, 4.69) is 0 Å². The molecule has 0 spiro atoms. The summed E-state index contributed by atoms with van der Waals surface area (Å²) in [4.78, 5) is 10.6. The summed E-state index contributed by atoms with van der Waals surface area (Å²) >= 11 is 0. The van der Waals surface area contributed by atoms with Crippen LogP contribution in [0.4, 0.5) is 5.69 Å². The van der Waals surface area contributed by atoms with Gasteiger partial charge in [-0.25, -0.2) is 4.68 Å². The zero-order valence-corrected chi connectivity index (χ0v) is 15.1. The number of para-hydroxylation sites is 1. The van der Waals surface area contributed by atoms with Crippen LogP contribution in [0, 0.1) is 10.1 Å². The molecule has 0 aliphatic heterocycles. The van der Waals surface area contributed by atoms with Crippen molar-refractivity contribution in [1.82, 2.24) is 9.78 Å². The molecule has 0 fully saturated rings. The Bertz CT molecular complexity index is 1100. The van der Waals surface area contributed by atoms with Crippen LogP contribution in [0.5, 0.6) is 5.75 Å². The summed E-state index contributed by atoms with van der Waals surface area (Å²) in [5.41, 5.74) is 4.44. The van der Waals surface area contributed by atoms with Crippen LogP contribution in [-0.2, 0) is 0 Å². The number of ether oxygens (including phenoxy) is 1. The maximum absolute atomic E-state index is 11.0. The molecule has 0 aliphatic rings. The second kappa shape index (κ2) is 7.36. The first-order chi connectivity index (χ1) is 13.7. The number of nitrogens with zero attached hydrogens (tertiary/aromatic N) is 3. The van der Waals surface area contributed by atoms with Gasteiger partial charge in [-0.3, -0.25) is 10.1 Å². The van der Waals surface area contributed by atoms with Gasteiger partial charge in [-0.05, 0) is 54.6 Å². The third-order valence-electron chi connectivity index (χ3n) is 4.47. The fourth-order valence-electron chi connectivity index (χ4n) is 3.01. The van der Waals surface area contributed by atoms with Crippen molar-refractivity contribution in [3.8, 4) is 34.0 Å². The summed E-state index contributed by atoms with van der Waals surface area (Å²) < 4.78 is 7.07. The molecule has 0 unspecified atom stereocenters. The van der Waals surface area contributed by atoms with Crippen molar-refractivity contribution in [3.05, 3.63) is 95.0 Å². The molecule has 1 heterocycles. The lowest BCUT2D eigenvalue weighted by Gasteiger charge is -2.07. The maximum Gasteiger partial charge on any atom is 0.269 e. The Balaban J connectivity index is 1.83. The van der Waals surface area contributed by atoms with Gasteiger partial charge < -0.3 is 4.74 Å². The lowest BCUT2D eigenvalue weighted by molar-refractivity contribution is -0.384. The molecular formula is C22H17N3O3. The zero-order chi connectivity index (χ0) is 19.5. The summed E-state index contributed by atoms with van der Waals surface area (Å²) in [6, 6.07) is 26.0. The van der Waals surface area contributed by atoms with Gasteiger partial charge in [0.05, 0.1) is 29.1 Å². The molecule has 6 nitrogen and oxygen atoms in total. The highest BCUT2D eigenvalue weighted by atomic mass is 16.6. The van der Waals surface area contributed by atoms with Crippen LogP contribution >= 0.6 is 0 Å². The average Bonchev–Trinajstić information content (AvgIpc) is 3.20. The van der Waals surface area contributed by atoms with Gasteiger partial charge in [-0.2, -0.15) is 5.10 Å². The van der Waals surface area contributed by atoms with Crippen molar-refractivity contribution < 1.29 is 9.66 Å². The van der Waals surface area contributed by atoms with Crippen molar-refractivity contribution >= 4 is 5.69 Å². The van der Waals surface area contributed by atoms with E-state index in [-0.39, 0.29) is 5.69 Å². The van der Waals surface area contributed by atoms with Gasteiger partial charge in [0.1, 0.15) is 5.75 Å². The van der Waals surface area contributed by atoms with Crippen LogP contribution in [-0.4, -0.2) is 21.8 Å². The SMILES string of the molecule is COc1ccc(-c2cc(-c3ccc([N+](=O)[O-])cc3)n(-c3ccccc3)n2)cc1. The lowest BCUT2D eigenvalue weighted by Crippen LogP contribution is -1.99. The Kier molecular flexibility index (Phi) is 4.60. The van der Waals surface area contributed by atoms with Crippen LogP contribution in [0.25, 0.3) is 28.2 Å². The Labute approximate surface area is 161 Å². The minimum Gasteiger partial charge on any atom is -0.497 e.